The number of methoxy groups -OCH3 is 1. The van der Waals surface area contributed by atoms with Gasteiger partial charge in [0.15, 0.2) is 0 Å². The number of phenols is 1. The Morgan fingerprint density at radius 3 is 2.60 bits per heavy atom. The Morgan fingerprint density at radius 1 is 1.35 bits per heavy atom. The first-order valence-electron chi connectivity index (χ1n) is 6.27. The number of esters is 1. The predicted octanol–water partition coefficient (Wildman–Crippen LogP) is 0.631. The zero-order valence-corrected chi connectivity index (χ0v) is 11.7. The molecule has 0 aliphatic heterocycles. The molecule has 0 radical (unpaired) electrons. The summed E-state index contributed by atoms with van der Waals surface area (Å²) in [5, 5.41) is 9.65. The summed E-state index contributed by atoms with van der Waals surface area (Å²) in [6, 6.07) is 6.25. The quantitative estimate of drug-likeness (QED) is 0.746. The van der Waals surface area contributed by atoms with E-state index >= 15 is 0 Å². The van der Waals surface area contributed by atoms with Gasteiger partial charge in [0.2, 0.25) is 5.91 Å². The average Bonchev–Trinajstić information content (AvgIpc) is 2.40. The number of phenolic OH excluding ortho intramolecular Hbond substituents is 1. The maximum absolute atomic E-state index is 12.0. The van der Waals surface area contributed by atoms with Crippen molar-refractivity contribution in [1.82, 2.24) is 4.90 Å². The van der Waals surface area contributed by atoms with Crippen molar-refractivity contribution in [2.75, 3.05) is 14.2 Å². The third-order valence-electron chi connectivity index (χ3n) is 2.92. The van der Waals surface area contributed by atoms with E-state index in [1.165, 1.54) is 12.0 Å². The summed E-state index contributed by atoms with van der Waals surface area (Å²) in [6.45, 7) is 0.288. The highest BCUT2D eigenvalue weighted by Gasteiger charge is 2.17. The monoisotopic (exact) mass is 280 g/mol. The third-order valence-corrected chi connectivity index (χ3v) is 2.92. The number of nitrogens with zero attached hydrogens (tertiary/aromatic N) is 1. The molecule has 3 N–H and O–H groups in total. The summed E-state index contributed by atoms with van der Waals surface area (Å²) in [7, 11) is 2.90. The normalized spacial score (nSPS) is 11.8. The van der Waals surface area contributed by atoms with Crippen molar-refractivity contribution in [1.29, 1.82) is 0 Å². The first-order valence-corrected chi connectivity index (χ1v) is 6.27. The fraction of sp³-hybridized carbons (Fsp3) is 0.429. The molecule has 0 heterocycles. The number of aromatic hydroxyl groups is 1. The Labute approximate surface area is 118 Å². The first kappa shape index (κ1) is 16.0. The molecule has 0 saturated heterocycles. The summed E-state index contributed by atoms with van der Waals surface area (Å²) in [5.41, 5.74) is 6.37. The minimum absolute atomic E-state index is 0.00661. The predicted molar refractivity (Wildman–Crippen MR) is 73.8 cm³/mol. The summed E-state index contributed by atoms with van der Waals surface area (Å²) in [5.74, 6) is -0.482. The van der Waals surface area contributed by atoms with E-state index in [9.17, 15) is 14.7 Å². The Kier molecular flexibility index (Phi) is 5.99. The SMILES string of the molecule is COC(=O)C[C@@H](N)CC(=O)N(C)Cc1ccccc1O. The van der Waals surface area contributed by atoms with Gasteiger partial charge in [-0.2, -0.15) is 0 Å². The van der Waals surface area contributed by atoms with Gasteiger partial charge >= 0.3 is 5.97 Å². The summed E-state index contributed by atoms with van der Waals surface area (Å²) in [4.78, 5) is 24.5. The number of nitrogens with two attached hydrogens (primary N) is 1. The highest BCUT2D eigenvalue weighted by Crippen LogP contribution is 2.17. The number of rotatable bonds is 6. The van der Waals surface area contributed by atoms with E-state index in [1.54, 1.807) is 31.3 Å². The highest BCUT2D eigenvalue weighted by atomic mass is 16.5. The third kappa shape index (κ3) is 4.89. The van der Waals surface area contributed by atoms with E-state index in [2.05, 4.69) is 4.74 Å². The molecule has 1 aromatic carbocycles. The second-order valence-electron chi connectivity index (χ2n) is 4.62. The molecule has 1 rings (SSSR count). The van der Waals surface area contributed by atoms with Gasteiger partial charge in [0.05, 0.1) is 13.5 Å². The number of ether oxygens (including phenoxy) is 1. The lowest BCUT2D eigenvalue weighted by atomic mass is 10.1. The molecule has 0 spiro atoms. The number of hydrogen-bond donors (Lipinski definition) is 2. The number of hydrogen-bond acceptors (Lipinski definition) is 5. The molecule has 1 aromatic rings. The van der Waals surface area contributed by atoms with Crippen LogP contribution in [0.1, 0.15) is 18.4 Å². The molecular weight excluding hydrogens is 260 g/mol. The minimum atomic E-state index is -0.568. The molecule has 0 aromatic heterocycles. The van der Waals surface area contributed by atoms with E-state index in [0.29, 0.717) is 5.56 Å². The zero-order valence-electron chi connectivity index (χ0n) is 11.7. The molecule has 0 saturated carbocycles. The number of amides is 1. The van der Waals surface area contributed by atoms with Gasteiger partial charge in [0.25, 0.3) is 0 Å². The van der Waals surface area contributed by atoms with Crippen molar-refractivity contribution in [3.05, 3.63) is 29.8 Å². The molecule has 0 aliphatic carbocycles. The van der Waals surface area contributed by atoms with Crippen LogP contribution in [0.4, 0.5) is 0 Å². The van der Waals surface area contributed by atoms with Crippen molar-refractivity contribution < 1.29 is 19.4 Å². The molecule has 0 bridgehead atoms. The lowest BCUT2D eigenvalue weighted by molar-refractivity contribution is -0.141. The summed E-state index contributed by atoms with van der Waals surface area (Å²) in [6.07, 6.45) is 0.0614. The van der Waals surface area contributed by atoms with Crippen LogP contribution in [-0.4, -0.2) is 42.1 Å². The van der Waals surface area contributed by atoms with E-state index < -0.39 is 12.0 Å². The van der Waals surface area contributed by atoms with Crippen LogP contribution in [0.25, 0.3) is 0 Å². The van der Waals surface area contributed by atoms with Crippen LogP contribution in [0.3, 0.4) is 0 Å². The number of para-hydroxylation sites is 1. The minimum Gasteiger partial charge on any atom is -0.508 e. The molecular formula is C14H20N2O4. The van der Waals surface area contributed by atoms with Crippen molar-refractivity contribution in [3.63, 3.8) is 0 Å². The smallest absolute Gasteiger partial charge is 0.307 e. The van der Waals surface area contributed by atoms with Crippen LogP contribution in [0.15, 0.2) is 24.3 Å². The number of carbonyl (C=O) groups is 2. The highest BCUT2D eigenvalue weighted by molar-refractivity contribution is 5.78. The van der Waals surface area contributed by atoms with Crippen LogP contribution < -0.4 is 5.73 Å². The maximum Gasteiger partial charge on any atom is 0.307 e. The molecule has 1 atom stereocenters. The number of benzene rings is 1. The second kappa shape index (κ2) is 7.49. The van der Waals surface area contributed by atoms with Gasteiger partial charge < -0.3 is 20.5 Å². The summed E-state index contributed by atoms with van der Waals surface area (Å²) < 4.78 is 4.50. The molecule has 0 aliphatic rings. The molecule has 0 fully saturated rings. The molecule has 6 heteroatoms. The van der Waals surface area contributed by atoms with Gasteiger partial charge in [-0.3, -0.25) is 9.59 Å². The zero-order chi connectivity index (χ0) is 15.1. The van der Waals surface area contributed by atoms with Crippen LogP contribution in [0.2, 0.25) is 0 Å². The first-order chi connectivity index (χ1) is 9.43. The van der Waals surface area contributed by atoms with Crippen LogP contribution >= 0.6 is 0 Å². The van der Waals surface area contributed by atoms with Crippen molar-refractivity contribution >= 4 is 11.9 Å². The summed E-state index contributed by atoms with van der Waals surface area (Å²) >= 11 is 0. The van der Waals surface area contributed by atoms with Crippen LogP contribution in [0.5, 0.6) is 5.75 Å². The van der Waals surface area contributed by atoms with Gasteiger partial charge in [0.1, 0.15) is 5.75 Å². The van der Waals surface area contributed by atoms with Crippen LogP contribution in [-0.2, 0) is 20.9 Å². The lowest BCUT2D eigenvalue weighted by Gasteiger charge is -2.19. The van der Waals surface area contributed by atoms with E-state index in [4.69, 9.17) is 5.73 Å². The molecule has 20 heavy (non-hydrogen) atoms. The van der Waals surface area contributed by atoms with Gasteiger partial charge in [-0.15, -0.1) is 0 Å². The molecule has 6 nitrogen and oxygen atoms in total. The average molecular weight is 280 g/mol. The topological polar surface area (TPSA) is 92.9 Å². The molecule has 1 amide bonds. The standard InChI is InChI=1S/C14H20N2O4/c1-16(9-10-5-3-4-6-12(10)17)13(18)7-11(15)8-14(19)20-2/h3-6,11,17H,7-9,15H2,1-2H3/t11-/m0/s1. The Hall–Kier alpha value is -2.08. The fourth-order valence-corrected chi connectivity index (χ4v) is 1.74. The largest absolute Gasteiger partial charge is 0.508 e. The molecule has 0 unspecified atom stereocenters. The van der Waals surface area contributed by atoms with Crippen molar-refractivity contribution in [2.24, 2.45) is 5.73 Å². The number of carbonyl (C=O) groups excluding carboxylic acids is 2. The Bertz CT molecular complexity index is 476. The van der Waals surface area contributed by atoms with Crippen molar-refractivity contribution in [2.45, 2.75) is 25.4 Å². The van der Waals surface area contributed by atoms with Crippen LogP contribution in [0, 0.1) is 0 Å². The van der Waals surface area contributed by atoms with E-state index in [1.807, 2.05) is 0 Å². The lowest BCUT2D eigenvalue weighted by Crippen LogP contribution is -2.34. The van der Waals surface area contributed by atoms with E-state index in [-0.39, 0.29) is 31.0 Å². The second-order valence-corrected chi connectivity index (χ2v) is 4.62. The Morgan fingerprint density at radius 2 is 2.00 bits per heavy atom. The van der Waals surface area contributed by atoms with Gasteiger partial charge in [-0.1, -0.05) is 18.2 Å². The van der Waals surface area contributed by atoms with E-state index in [0.717, 1.165) is 0 Å². The van der Waals surface area contributed by atoms with Gasteiger partial charge in [0, 0.05) is 31.6 Å². The van der Waals surface area contributed by atoms with Gasteiger partial charge in [-0.25, -0.2) is 0 Å². The fourth-order valence-electron chi connectivity index (χ4n) is 1.74. The Balaban J connectivity index is 2.51. The molecule has 110 valence electrons. The van der Waals surface area contributed by atoms with Gasteiger partial charge in [-0.05, 0) is 6.07 Å². The van der Waals surface area contributed by atoms with Crippen molar-refractivity contribution in [3.8, 4) is 5.75 Å². The maximum atomic E-state index is 12.0.